The first-order valence-corrected chi connectivity index (χ1v) is 7.84. The van der Waals surface area contributed by atoms with Gasteiger partial charge in [0.15, 0.2) is 0 Å². The number of benzene rings is 1. The predicted octanol–water partition coefficient (Wildman–Crippen LogP) is 1.68. The molecule has 1 aliphatic heterocycles. The molecule has 1 saturated heterocycles. The Hall–Kier alpha value is -0.620. The molecule has 1 atom stereocenters. The van der Waals surface area contributed by atoms with Gasteiger partial charge in [-0.05, 0) is 44.0 Å². The van der Waals surface area contributed by atoms with Gasteiger partial charge in [0.1, 0.15) is 0 Å². The maximum absolute atomic E-state index is 12.3. The van der Waals surface area contributed by atoms with Crippen LogP contribution in [-0.4, -0.2) is 27.5 Å². The number of rotatable bonds is 3. The summed E-state index contributed by atoms with van der Waals surface area (Å²) >= 11 is 5.86. The molecule has 1 fully saturated rings. The van der Waals surface area contributed by atoms with Crippen molar-refractivity contribution in [3.05, 3.63) is 28.8 Å². The van der Waals surface area contributed by atoms with Crippen molar-refractivity contribution >= 4 is 21.6 Å². The summed E-state index contributed by atoms with van der Waals surface area (Å²) in [6, 6.07) is 4.87. The summed E-state index contributed by atoms with van der Waals surface area (Å²) in [6.07, 6.45) is 1.85. The summed E-state index contributed by atoms with van der Waals surface area (Å²) in [6.45, 7) is 3.40. The molecule has 1 aliphatic rings. The highest BCUT2D eigenvalue weighted by molar-refractivity contribution is 7.89. The van der Waals surface area contributed by atoms with Crippen molar-refractivity contribution in [3.8, 4) is 0 Å². The van der Waals surface area contributed by atoms with E-state index in [1.807, 2.05) is 0 Å². The third kappa shape index (κ3) is 3.23. The number of aryl methyl sites for hydroxylation is 1. The first-order chi connectivity index (χ1) is 8.49. The average Bonchev–Trinajstić information content (AvgIpc) is 2.33. The average molecular weight is 289 g/mol. The zero-order chi connectivity index (χ0) is 13.2. The normalized spacial score (nSPS) is 20.9. The molecule has 0 unspecified atom stereocenters. The minimum absolute atomic E-state index is 0.0397. The van der Waals surface area contributed by atoms with E-state index >= 15 is 0 Å². The molecule has 0 amide bonds. The van der Waals surface area contributed by atoms with E-state index in [1.165, 1.54) is 6.07 Å². The van der Waals surface area contributed by atoms with Crippen LogP contribution in [0.2, 0.25) is 5.02 Å². The summed E-state index contributed by atoms with van der Waals surface area (Å²) in [5, 5.41) is 3.61. The van der Waals surface area contributed by atoms with Gasteiger partial charge in [0.25, 0.3) is 0 Å². The van der Waals surface area contributed by atoms with Crippen molar-refractivity contribution in [3.63, 3.8) is 0 Å². The van der Waals surface area contributed by atoms with Gasteiger partial charge in [-0.25, -0.2) is 13.1 Å². The smallest absolute Gasteiger partial charge is 0.241 e. The highest BCUT2D eigenvalue weighted by atomic mass is 35.5. The fourth-order valence-electron chi connectivity index (χ4n) is 2.10. The molecule has 100 valence electrons. The molecule has 2 N–H and O–H groups in total. The Morgan fingerprint density at radius 1 is 1.44 bits per heavy atom. The highest BCUT2D eigenvalue weighted by Crippen LogP contribution is 2.20. The second-order valence-corrected chi connectivity index (χ2v) is 6.69. The van der Waals surface area contributed by atoms with Crippen molar-refractivity contribution in [2.45, 2.75) is 30.7 Å². The maximum Gasteiger partial charge on any atom is 0.241 e. The molecular weight excluding hydrogens is 272 g/mol. The Bertz CT molecular complexity index is 525. The lowest BCUT2D eigenvalue weighted by Gasteiger charge is -2.24. The summed E-state index contributed by atoms with van der Waals surface area (Å²) in [7, 11) is -3.49. The molecule has 0 aliphatic carbocycles. The number of hydrogen-bond donors (Lipinski definition) is 2. The van der Waals surface area contributed by atoms with Gasteiger partial charge in [-0.2, -0.15) is 0 Å². The standard InChI is InChI=1S/C12H17ClN2O2S/c1-9-4-5-10(13)7-12(9)18(16,17)15-11-3-2-6-14-8-11/h4-5,7,11,14-15H,2-3,6,8H2,1H3/t11-/m0/s1. The summed E-state index contributed by atoms with van der Waals surface area (Å²) in [5.41, 5.74) is 0.704. The van der Waals surface area contributed by atoms with Crippen LogP contribution in [0.5, 0.6) is 0 Å². The first kappa shape index (κ1) is 13.8. The lowest BCUT2D eigenvalue weighted by Crippen LogP contribution is -2.45. The van der Waals surface area contributed by atoms with Crippen LogP contribution in [0.15, 0.2) is 23.1 Å². The van der Waals surface area contributed by atoms with Gasteiger partial charge in [0.05, 0.1) is 4.90 Å². The quantitative estimate of drug-likeness (QED) is 0.890. The second kappa shape index (κ2) is 5.57. The highest BCUT2D eigenvalue weighted by Gasteiger charge is 2.23. The fourth-order valence-corrected chi connectivity index (χ4v) is 3.88. The zero-order valence-electron chi connectivity index (χ0n) is 10.2. The predicted molar refractivity (Wildman–Crippen MR) is 72.4 cm³/mol. The van der Waals surface area contributed by atoms with Crippen LogP contribution in [0.1, 0.15) is 18.4 Å². The van der Waals surface area contributed by atoms with Crippen LogP contribution in [-0.2, 0) is 10.0 Å². The Labute approximate surface area is 113 Å². The molecule has 0 saturated carbocycles. The van der Waals surface area contributed by atoms with Gasteiger partial charge in [0, 0.05) is 17.6 Å². The van der Waals surface area contributed by atoms with Crippen LogP contribution < -0.4 is 10.0 Å². The molecule has 1 aromatic carbocycles. The molecular formula is C12H17ClN2O2S. The van der Waals surface area contributed by atoms with E-state index in [-0.39, 0.29) is 10.9 Å². The SMILES string of the molecule is Cc1ccc(Cl)cc1S(=O)(=O)N[C@H]1CCCNC1. The number of hydrogen-bond acceptors (Lipinski definition) is 3. The van der Waals surface area contributed by atoms with E-state index < -0.39 is 10.0 Å². The van der Waals surface area contributed by atoms with E-state index in [2.05, 4.69) is 10.0 Å². The van der Waals surface area contributed by atoms with Crippen molar-refractivity contribution in [1.29, 1.82) is 0 Å². The monoisotopic (exact) mass is 288 g/mol. The van der Waals surface area contributed by atoms with Gasteiger partial charge < -0.3 is 5.32 Å². The molecule has 0 spiro atoms. The Balaban J connectivity index is 2.21. The molecule has 0 bridgehead atoms. The van der Waals surface area contributed by atoms with Crippen LogP contribution in [0, 0.1) is 6.92 Å². The van der Waals surface area contributed by atoms with E-state index in [9.17, 15) is 8.42 Å². The van der Waals surface area contributed by atoms with Crippen molar-refractivity contribution in [2.24, 2.45) is 0 Å². The second-order valence-electron chi connectivity index (χ2n) is 4.57. The van der Waals surface area contributed by atoms with Gasteiger partial charge in [0.2, 0.25) is 10.0 Å². The van der Waals surface area contributed by atoms with E-state index in [0.29, 0.717) is 17.1 Å². The first-order valence-electron chi connectivity index (χ1n) is 5.98. The minimum atomic E-state index is -3.49. The molecule has 2 rings (SSSR count). The molecule has 0 radical (unpaired) electrons. The lowest BCUT2D eigenvalue weighted by molar-refractivity contribution is 0.428. The lowest BCUT2D eigenvalue weighted by atomic mass is 10.1. The number of piperidine rings is 1. The van der Waals surface area contributed by atoms with E-state index in [1.54, 1.807) is 19.1 Å². The minimum Gasteiger partial charge on any atom is -0.315 e. The summed E-state index contributed by atoms with van der Waals surface area (Å²) < 4.78 is 27.3. The van der Waals surface area contributed by atoms with Crippen LogP contribution >= 0.6 is 11.6 Å². The van der Waals surface area contributed by atoms with Crippen LogP contribution in [0.4, 0.5) is 0 Å². The summed E-state index contributed by atoms with van der Waals surface area (Å²) in [4.78, 5) is 0.264. The largest absolute Gasteiger partial charge is 0.315 e. The van der Waals surface area contributed by atoms with Crippen molar-refractivity contribution < 1.29 is 8.42 Å². The number of sulfonamides is 1. The van der Waals surface area contributed by atoms with Gasteiger partial charge >= 0.3 is 0 Å². The number of nitrogens with one attached hydrogen (secondary N) is 2. The molecule has 4 nitrogen and oxygen atoms in total. The maximum atomic E-state index is 12.3. The third-order valence-electron chi connectivity index (χ3n) is 3.06. The van der Waals surface area contributed by atoms with Crippen LogP contribution in [0.25, 0.3) is 0 Å². The van der Waals surface area contributed by atoms with Gasteiger partial charge in [-0.1, -0.05) is 17.7 Å². The Morgan fingerprint density at radius 2 is 2.22 bits per heavy atom. The molecule has 1 heterocycles. The Morgan fingerprint density at radius 3 is 2.89 bits per heavy atom. The topological polar surface area (TPSA) is 58.2 Å². The van der Waals surface area contributed by atoms with Gasteiger partial charge in [-0.3, -0.25) is 0 Å². The zero-order valence-corrected chi connectivity index (χ0v) is 11.8. The molecule has 6 heteroatoms. The fraction of sp³-hybridized carbons (Fsp3) is 0.500. The van der Waals surface area contributed by atoms with Gasteiger partial charge in [-0.15, -0.1) is 0 Å². The molecule has 18 heavy (non-hydrogen) atoms. The van der Waals surface area contributed by atoms with Crippen molar-refractivity contribution in [2.75, 3.05) is 13.1 Å². The Kier molecular flexibility index (Phi) is 4.27. The van der Waals surface area contributed by atoms with Crippen molar-refractivity contribution in [1.82, 2.24) is 10.0 Å². The summed E-state index contributed by atoms with van der Waals surface area (Å²) in [5.74, 6) is 0. The van der Waals surface area contributed by atoms with Crippen LogP contribution in [0.3, 0.4) is 0 Å². The third-order valence-corrected chi connectivity index (χ3v) is 4.96. The molecule has 1 aromatic rings. The van der Waals surface area contributed by atoms with E-state index in [0.717, 1.165) is 19.4 Å². The van der Waals surface area contributed by atoms with E-state index in [4.69, 9.17) is 11.6 Å². The molecule has 0 aromatic heterocycles. The number of halogens is 1.